The molecular weight excluding hydrogens is 270 g/mol. The van der Waals surface area contributed by atoms with Gasteiger partial charge in [-0.1, -0.05) is 11.6 Å². The Hall–Kier alpha value is -0.940. The van der Waals surface area contributed by atoms with Crippen LogP contribution in [0.25, 0.3) is 0 Å². The molecule has 18 heavy (non-hydrogen) atoms. The molecule has 0 aliphatic carbocycles. The predicted molar refractivity (Wildman–Crippen MR) is 78.7 cm³/mol. The van der Waals surface area contributed by atoms with Gasteiger partial charge in [-0.05, 0) is 32.2 Å². The van der Waals surface area contributed by atoms with Crippen LogP contribution in [0, 0.1) is 0 Å². The van der Waals surface area contributed by atoms with Crippen molar-refractivity contribution >= 4 is 35.1 Å². The molecule has 0 fully saturated rings. The first-order valence-electron chi connectivity index (χ1n) is 5.78. The Morgan fingerprint density at radius 1 is 1.56 bits per heavy atom. The summed E-state index contributed by atoms with van der Waals surface area (Å²) in [6.45, 7) is 4.67. The topological polar surface area (TPSA) is 54.0 Å². The third kappa shape index (κ3) is 4.38. The van der Waals surface area contributed by atoms with Crippen LogP contribution in [0.4, 0.5) is 5.82 Å². The van der Waals surface area contributed by atoms with Crippen molar-refractivity contribution in [2.45, 2.75) is 19.9 Å². The molecular formula is C12H18ClN3OS. The molecule has 0 saturated heterocycles. The van der Waals surface area contributed by atoms with Gasteiger partial charge in [0.15, 0.2) is 0 Å². The lowest BCUT2D eigenvalue weighted by Crippen LogP contribution is -2.35. The molecule has 1 aromatic rings. The largest absolute Gasteiger partial charge is 0.370 e. The number of nitrogens with one attached hydrogen (secondary N) is 2. The SMILES string of the molecule is CCNc1ccc(Cl)c(C(=O)NC(C)CSC)n1. The van der Waals surface area contributed by atoms with Crippen LogP contribution in [0.1, 0.15) is 24.3 Å². The summed E-state index contributed by atoms with van der Waals surface area (Å²) in [5.74, 6) is 1.28. The Kier molecular flexibility index (Phi) is 6.29. The number of pyridine rings is 1. The van der Waals surface area contributed by atoms with Crippen LogP contribution in [0.2, 0.25) is 5.02 Å². The van der Waals surface area contributed by atoms with E-state index in [4.69, 9.17) is 11.6 Å². The van der Waals surface area contributed by atoms with Gasteiger partial charge >= 0.3 is 0 Å². The standard InChI is InChI=1S/C12H18ClN3OS/c1-4-14-10-6-5-9(13)11(16-10)12(17)15-8(2)7-18-3/h5-6,8H,4,7H2,1-3H3,(H,14,16)(H,15,17). The highest BCUT2D eigenvalue weighted by Crippen LogP contribution is 2.16. The summed E-state index contributed by atoms with van der Waals surface area (Å²) >= 11 is 7.68. The van der Waals surface area contributed by atoms with Gasteiger partial charge in [0.25, 0.3) is 5.91 Å². The minimum absolute atomic E-state index is 0.0909. The van der Waals surface area contributed by atoms with Crippen LogP contribution in [0.5, 0.6) is 0 Å². The fraction of sp³-hybridized carbons (Fsp3) is 0.500. The van der Waals surface area contributed by atoms with E-state index in [1.54, 1.807) is 23.9 Å². The Morgan fingerprint density at radius 2 is 2.28 bits per heavy atom. The van der Waals surface area contributed by atoms with Crippen molar-refractivity contribution in [2.75, 3.05) is 23.9 Å². The van der Waals surface area contributed by atoms with Crippen molar-refractivity contribution in [3.8, 4) is 0 Å². The van der Waals surface area contributed by atoms with Crippen molar-refractivity contribution in [2.24, 2.45) is 0 Å². The molecule has 1 atom stereocenters. The average Bonchev–Trinajstić information content (AvgIpc) is 2.32. The predicted octanol–water partition coefficient (Wildman–Crippen LogP) is 2.65. The lowest BCUT2D eigenvalue weighted by atomic mass is 10.3. The zero-order valence-electron chi connectivity index (χ0n) is 10.8. The molecule has 1 amide bonds. The number of thioether (sulfide) groups is 1. The van der Waals surface area contributed by atoms with Crippen molar-refractivity contribution in [1.82, 2.24) is 10.3 Å². The third-order valence-electron chi connectivity index (χ3n) is 2.21. The van der Waals surface area contributed by atoms with Gasteiger partial charge < -0.3 is 10.6 Å². The maximum absolute atomic E-state index is 12.0. The van der Waals surface area contributed by atoms with E-state index < -0.39 is 0 Å². The van der Waals surface area contributed by atoms with Crippen LogP contribution in [0.15, 0.2) is 12.1 Å². The second-order valence-corrected chi connectivity index (χ2v) is 5.20. The van der Waals surface area contributed by atoms with Crippen molar-refractivity contribution < 1.29 is 4.79 Å². The summed E-state index contributed by atoms with van der Waals surface area (Å²) in [6, 6.07) is 3.53. The van der Waals surface area contributed by atoms with Crippen LogP contribution in [0.3, 0.4) is 0 Å². The maximum Gasteiger partial charge on any atom is 0.271 e. The molecule has 0 aliphatic heterocycles. The molecule has 100 valence electrons. The number of halogens is 1. The number of carbonyl (C=O) groups is 1. The van der Waals surface area contributed by atoms with E-state index in [0.29, 0.717) is 10.8 Å². The molecule has 0 aliphatic rings. The van der Waals surface area contributed by atoms with Crippen molar-refractivity contribution in [1.29, 1.82) is 0 Å². The monoisotopic (exact) mass is 287 g/mol. The fourth-order valence-corrected chi connectivity index (χ4v) is 2.24. The Bertz CT molecular complexity index is 414. The number of rotatable bonds is 6. The minimum Gasteiger partial charge on any atom is -0.370 e. The van der Waals surface area contributed by atoms with E-state index >= 15 is 0 Å². The highest BCUT2D eigenvalue weighted by Gasteiger charge is 2.15. The molecule has 1 rings (SSSR count). The lowest BCUT2D eigenvalue weighted by molar-refractivity contribution is 0.0939. The van der Waals surface area contributed by atoms with Gasteiger partial charge in [0.05, 0.1) is 5.02 Å². The van der Waals surface area contributed by atoms with E-state index in [0.717, 1.165) is 12.3 Å². The van der Waals surface area contributed by atoms with Crippen molar-refractivity contribution in [3.63, 3.8) is 0 Å². The Labute approximate surface area is 117 Å². The number of carbonyl (C=O) groups excluding carboxylic acids is 1. The van der Waals surface area contributed by atoms with Gasteiger partial charge in [-0.3, -0.25) is 4.79 Å². The maximum atomic E-state index is 12.0. The Morgan fingerprint density at radius 3 is 2.89 bits per heavy atom. The molecule has 6 heteroatoms. The molecule has 0 aromatic carbocycles. The first kappa shape index (κ1) is 15.1. The summed E-state index contributed by atoms with van der Waals surface area (Å²) in [4.78, 5) is 16.2. The molecule has 1 aromatic heterocycles. The van der Waals surface area contributed by atoms with E-state index in [2.05, 4.69) is 15.6 Å². The first-order valence-corrected chi connectivity index (χ1v) is 7.55. The van der Waals surface area contributed by atoms with Gasteiger partial charge in [0.1, 0.15) is 11.5 Å². The summed E-state index contributed by atoms with van der Waals surface area (Å²) in [5, 5.41) is 6.29. The van der Waals surface area contributed by atoms with Crippen LogP contribution in [-0.4, -0.2) is 35.5 Å². The molecule has 1 unspecified atom stereocenters. The van der Waals surface area contributed by atoms with E-state index in [1.807, 2.05) is 20.1 Å². The van der Waals surface area contributed by atoms with Gasteiger partial charge in [-0.15, -0.1) is 0 Å². The molecule has 0 radical (unpaired) electrons. The Balaban J connectivity index is 2.80. The number of amides is 1. The number of hydrogen-bond acceptors (Lipinski definition) is 4. The van der Waals surface area contributed by atoms with Gasteiger partial charge in [-0.2, -0.15) is 11.8 Å². The lowest BCUT2D eigenvalue weighted by Gasteiger charge is -2.13. The van der Waals surface area contributed by atoms with Crippen molar-refractivity contribution in [3.05, 3.63) is 22.8 Å². The van der Waals surface area contributed by atoms with Crippen LogP contribution in [-0.2, 0) is 0 Å². The number of anilines is 1. The first-order chi connectivity index (χ1) is 8.58. The smallest absolute Gasteiger partial charge is 0.271 e. The average molecular weight is 288 g/mol. The van der Waals surface area contributed by atoms with Crippen LogP contribution < -0.4 is 10.6 Å². The zero-order valence-corrected chi connectivity index (χ0v) is 12.4. The molecule has 0 bridgehead atoms. The molecule has 0 spiro atoms. The second-order valence-electron chi connectivity index (χ2n) is 3.89. The number of hydrogen-bond donors (Lipinski definition) is 2. The molecule has 0 saturated carbocycles. The van der Waals surface area contributed by atoms with E-state index in [-0.39, 0.29) is 17.6 Å². The second kappa shape index (κ2) is 7.48. The van der Waals surface area contributed by atoms with Gasteiger partial charge in [0, 0.05) is 18.3 Å². The summed E-state index contributed by atoms with van der Waals surface area (Å²) in [6.07, 6.45) is 2.00. The fourth-order valence-electron chi connectivity index (χ4n) is 1.46. The highest BCUT2D eigenvalue weighted by molar-refractivity contribution is 7.98. The van der Waals surface area contributed by atoms with Crippen LogP contribution >= 0.6 is 23.4 Å². The van der Waals surface area contributed by atoms with Gasteiger partial charge in [-0.25, -0.2) is 4.98 Å². The van der Waals surface area contributed by atoms with E-state index in [1.165, 1.54) is 0 Å². The molecule has 4 nitrogen and oxygen atoms in total. The highest BCUT2D eigenvalue weighted by atomic mass is 35.5. The normalized spacial score (nSPS) is 12.0. The van der Waals surface area contributed by atoms with Gasteiger partial charge in [0.2, 0.25) is 0 Å². The third-order valence-corrected chi connectivity index (χ3v) is 3.35. The summed E-state index contributed by atoms with van der Waals surface area (Å²) in [7, 11) is 0. The number of aromatic nitrogens is 1. The summed E-state index contributed by atoms with van der Waals surface area (Å²) < 4.78 is 0. The molecule has 1 heterocycles. The molecule has 2 N–H and O–H groups in total. The number of nitrogens with zero attached hydrogens (tertiary/aromatic N) is 1. The van der Waals surface area contributed by atoms with E-state index in [9.17, 15) is 4.79 Å². The summed E-state index contributed by atoms with van der Waals surface area (Å²) in [5.41, 5.74) is 0.267. The quantitative estimate of drug-likeness (QED) is 0.845. The minimum atomic E-state index is -0.235. The zero-order chi connectivity index (χ0) is 13.5.